The van der Waals surface area contributed by atoms with E-state index >= 15 is 0 Å². The molecule has 4 rings (SSSR count). The van der Waals surface area contributed by atoms with Gasteiger partial charge in [-0.15, -0.1) is 0 Å². The number of rotatable bonds is 17. The highest BCUT2D eigenvalue weighted by atomic mass is 19.4. The van der Waals surface area contributed by atoms with Gasteiger partial charge in [-0.3, -0.25) is 4.79 Å². The summed E-state index contributed by atoms with van der Waals surface area (Å²) in [4.78, 5) is 11.8. The summed E-state index contributed by atoms with van der Waals surface area (Å²) in [5, 5.41) is 11.2. The highest BCUT2D eigenvalue weighted by Crippen LogP contribution is 2.41. The smallest absolute Gasteiger partial charge is 0.416 e. The second kappa shape index (κ2) is 19.1. The first-order chi connectivity index (χ1) is 22.6. The van der Waals surface area contributed by atoms with E-state index in [9.17, 15) is 23.1 Å². The third-order valence-electron chi connectivity index (χ3n) is 9.06. The van der Waals surface area contributed by atoms with Crippen LogP contribution in [0.5, 0.6) is 5.75 Å². The molecule has 0 amide bonds. The van der Waals surface area contributed by atoms with Gasteiger partial charge in [0, 0.05) is 26.1 Å². The first kappa shape index (κ1) is 37.6. The quantitative estimate of drug-likeness (QED) is 0.102. The molecule has 2 heterocycles. The molecule has 0 aromatic heterocycles. The minimum atomic E-state index is -4.46. The Morgan fingerprint density at radius 2 is 1.79 bits per heavy atom. The molecule has 2 unspecified atom stereocenters. The van der Waals surface area contributed by atoms with Gasteiger partial charge in [0.1, 0.15) is 12.4 Å². The van der Waals surface area contributed by atoms with Gasteiger partial charge in [0.05, 0.1) is 30.0 Å². The van der Waals surface area contributed by atoms with Crippen LogP contribution in [0.1, 0.15) is 103 Å². The Morgan fingerprint density at radius 1 is 1.04 bits per heavy atom. The van der Waals surface area contributed by atoms with Crippen LogP contribution >= 0.6 is 0 Å². The topological polar surface area (TPSA) is 92.7 Å². The van der Waals surface area contributed by atoms with Crippen LogP contribution in [0.3, 0.4) is 0 Å². The van der Waals surface area contributed by atoms with Gasteiger partial charge in [-0.1, -0.05) is 18.2 Å². The molecule has 0 bridgehead atoms. The first-order valence-electron chi connectivity index (χ1n) is 17.4. The molecule has 8 nitrogen and oxygen atoms in total. The molecule has 266 valence electrons. The van der Waals surface area contributed by atoms with E-state index in [1.807, 2.05) is 13.8 Å². The van der Waals surface area contributed by atoms with Crippen molar-refractivity contribution < 1.29 is 51.5 Å². The minimum absolute atomic E-state index is 0.00753. The molecule has 11 heteroatoms. The highest BCUT2D eigenvalue weighted by molar-refractivity contribution is 5.69. The summed E-state index contributed by atoms with van der Waals surface area (Å²) in [6.07, 6.45) is 7.38. The molecule has 47 heavy (non-hydrogen) atoms. The number of benzene rings is 1. The maximum Gasteiger partial charge on any atom is 0.416 e. The lowest BCUT2D eigenvalue weighted by Gasteiger charge is -2.32. The van der Waals surface area contributed by atoms with Crippen LogP contribution in [0.25, 0.3) is 0 Å². The van der Waals surface area contributed by atoms with Crippen LogP contribution in [-0.2, 0) is 34.7 Å². The molecule has 3 fully saturated rings. The molecule has 1 aromatic carbocycles. The maximum atomic E-state index is 13.3. The summed E-state index contributed by atoms with van der Waals surface area (Å²) in [7, 11) is 0. The molecule has 2 aliphatic heterocycles. The second-order valence-corrected chi connectivity index (χ2v) is 13.2. The van der Waals surface area contributed by atoms with Gasteiger partial charge in [-0.05, 0) is 115 Å². The first-order valence-corrected chi connectivity index (χ1v) is 17.4. The lowest BCUT2D eigenvalue weighted by molar-refractivity contribution is -0.202. The third kappa shape index (κ3) is 13.0. The van der Waals surface area contributed by atoms with Gasteiger partial charge in [0.15, 0.2) is 12.6 Å². The van der Waals surface area contributed by atoms with Crippen molar-refractivity contribution in [1.29, 1.82) is 0 Å². The van der Waals surface area contributed by atoms with E-state index in [-0.39, 0.29) is 48.7 Å². The monoisotopic (exact) mass is 670 g/mol. The standard InChI is InChI=1S/C36H53F3O8/c1-25(2)45-33(41)15-6-4-3-5-14-29-30(32(23-31(29)40)47-35-17-8-10-21-43-35)19-18-28(46-34-16-7-9-20-42-34)24-44-27-13-11-12-26(22-27)36(37,38)39/h3,5,11-13,22,25,28-32,34-35,40H,4,6-10,14-21,23-24H2,1-2H3/b5-3-/t28-,29-,30-,31+,32-,34?,35?/m1/s1. The van der Waals surface area contributed by atoms with E-state index in [1.54, 1.807) is 0 Å². The third-order valence-corrected chi connectivity index (χ3v) is 9.06. The number of ether oxygens (including phenoxy) is 6. The molecule has 1 N–H and O–H groups in total. The van der Waals surface area contributed by atoms with E-state index in [2.05, 4.69) is 12.2 Å². The molecule has 3 aliphatic rings. The fourth-order valence-corrected chi connectivity index (χ4v) is 6.66. The Bertz CT molecular complexity index is 1080. The molecular weight excluding hydrogens is 617 g/mol. The average Bonchev–Trinajstić information content (AvgIpc) is 3.33. The Morgan fingerprint density at radius 3 is 2.47 bits per heavy atom. The number of halogens is 3. The number of allylic oxidation sites excluding steroid dienone is 2. The summed E-state index contributed by atoms with van der Waals surface area (Å²) < 4.78 is 75.5. The predicted octanol–water partition coefficient (Wildman–Crippen LogP) is 7.75. The summed E-state index contributed by atoms with van der Waals surface area (Å²) in [6.45, 7) is 4.99. The Labute approximate surface area is 277 Å². The normalized spacial score (nSPS) is 27.7. The molecule has 0 spiro atoms. The zero-order chi connectivity index (χ0) is 33.6. The van der Waals surface area contributed by atoms with Gasteiger partial charge in [0.25, 0.3) is 0 Å². The Hall–Kier alpha value is -2.18. The lowest BCUT2D eigenvalue weighted by Crippen LogP contribution is -2.34. The fourth-order valence-electron chi connectivity index (χ4n) is 6.66. The van der Waals surface area contributed by atoms with Crippen molar-refractivity contribution in [2.45, 2.75) is 140 Å². The van der Waals surface area contributed by atoms with Crippen molar-refractivity contribution in [3.63, 3.8) is 0 Å². The van der Waals surface area contributed by atoms with E-state index < -0.39 is 30.2 Å². The van der Waals surface area contributed by atoms with Gasteiger partial charge in [-0.25, -0.2) is 0 Å². The zero-order valence-corrected chi connectivity index (χ0v) is 27.8. The number of esters is 1. The Kier molecular flexibility index (Phi) is 15.3. The highest BCUT2D eigenvalue weighted by Gasteiger charge is 2.44. The van der Waals surface area contributed by atoms with Crippen molar-refractivity contribution in [2.75, 3.05) is 19.8 Å². The van der Waals surface area contributed by atoms with Gasteiger partial charge in [0.2, 0.25) is 0 Å². The van der Waals surface area contributed by atoms with Crippen LogP contribution < -0.4 is 4.74 Å². The van der Waals surface area contributed by atoms with E-state index in [0.29, 0.717) is 51.7 Å². The molecule has 7 atom stereocenters. The van der Waals surface area contributed by atoms with Crippen molar-refractivity contribution in [1.82, 2.24) is 0 Å². The summed E-state index contributed by atoms with van der Waals surface area (Å²) in [5.41, 5.74) is -0.765. The summed E-state index contributed by atoms with van der Waals surface area (Å²) in [5.74, 6) is -0.114. The molecule has 2 saturated heterocycles. The van der Waals surface area contributed by atoms with Crippen molar-refractivity contribution in [3.8, 4) is 5.75 Å². The predicted molar refractivity (Wildman–Crippen MR) is 170 cm³/mol. The van der Waals surface area contributed by atoms with E-state index in [0.717, 1.165) is 57.1 Å². The van der Waals surface area contributed by atoms with Crippen LogP contribution in [-0.4, -0.2) is 67.9 Å². The molecular formula is C36H53F3O8. The number of carbonyl (C=O) groups excluding carboxylic acids is 1. The van der Waals surface area contributed by atoms with Crippen molar-refractivity contribution >= 4 is 5.97 Å². The molecule has 1 aliphatic carbocycles. The SMILES string of the molecule is CC(C)OC(=O)CCC/C=C\C[C@@H]1[C@@H](CC[C@H](COc2cccc(C(F)(F)F)c2)OC2CCCCO2)[C@H](OC2CCCCO2)C[C@@H]1O. The van der Waals surface area contributed by atoms with E-state index in [1.165, 1.54) is 12.1 Å². The summed E-state index contributed by atoms with van der Waals surface area (Å²) in [6, 6.07) is 4.88. The van der Waals surface area contributed by atoms with Gasteiger partial charge >= 0.3 is 12.1 Å². The largest absolute Gasteiger partial charge is 0.491 e. The van der Waals surface area contributed by atoms with Gasteiger partial charge < -0.3 is 33.5 Å². The number of alkyl halides is 3. The number of hydrogen-bond acceptors (Lipinski definition) is 8. The van der Waals surface area contributed by atoms with Gasteiger partial charge in [-0.2, -0.15) is 13.2 Å². The van der Waals surface area contributed by atoms with Crippen molar-refractivity contribution in [3.05, 3.63) is 42.0 Å². The second-order valence-electron chi connectivity index (χ2n) is 13.2. The van der Waals surface area contributed by atoms with E-state index in [4.69, 9.17) is 28.4 Å². The number of hydrogen-bond donors (Lipinski definition) is 1. The number of unbranched alkanes of at least 4 members (excludes halogenated alkanes) is 1. The minimum Gasteiger partial charge on any atom is -0.491 e. The number of aliphatic hydroxyl groups excluding tert-OH is 1. The summed E-state index contributed by atoms with van der Waals surface area (Å²) >= 11 is 0. The van der Waals surface area contributed by atoms with Crippen LogP contribution in [0.4, 0.5) is 13.2 Å². The average molecular weight is 671 g/mol. The molecule has 1 aromatic rings. The lowest BCUT2D eigenvalue weighted by atomic mass is 9.86. The Balaban J connectivity index is 1.40. The van der Waals surface area contributed by atoms with Crippen LogP contribution in [0.2, 0.25) is 0 Å². The molecule has 0 radical (unpaired) electrons. The fraction of sp³-hybridized carbons (Fsp3) is 0.750. The molecule has 1 saturated carbocycles. The van der Waals surface area contributed by atoms with Crippen molar-refractivity contribution in [2.24, 2.45) is 11.8 Å². The zero-order valence-electron chi connectivity index (χ0n) is 27.8. The number of aliphatic hydroxyl groups is 1. The van der Waals surface area contributed by atoms with Crippen LogP contribution in [0, 0.1) is 11.8 Å². The maximum absolute atomic E-state index is 13.3. The van der Waals surface area contributed by atoms with Crippen LogP contribution in [0.15, 0.2) is 36.4 Å². The number of carbonyl (C=O) groups is 1.